The third-order valence-corrected chi connectivity index (χ3v) is 4.71. The van der Waals surface area contributed by atoms with Crippen LogP contribution in [-0.4, -0.2) is 39.9 Å². The van der Waals surface area contributed by atoms with Crippen LogP contribution in [-0.2, 0) is 6.54 Å². The van der Waals surface area contributed by atoms with E-state index >= 15 is 0 Å². The van der Waals surface area contributed by atoms with E-state index in [2.05, 4.69) is 50.3 Å². The van der Waals surface area contributed by atoms with Gasteiger partial charge in [0.05, 0.1) is 11.4 Å². The highest BCUT2D eigenvalue weighted by Crippen LogP contribution is 2.22. The van der Waals surface area contributed by atoms with Gasteiger partial charge < -0.3 is 5.32 Å². The zero-order chi connectivity index (χ0) is 14.1. The van der Waals surface area contributed by atoms with Crippen molar-refractivity contribution in [2.45, 2.75) is 37.9 Å². The normalized spacial score (nSPS) is 25.9. The molecule has 4 heteroatoms. The van der Waals surface area contributed by atoms with Crippen LogP contribution >= 0.6 is 0 Å². The van der Waals surface area contributed by atoms with Gasteiger partial charge in [-0.05, 0) is 37.5 Å². The third kappa shape index (κ3) is 2.74. The molecule has 2 fully saturated rings. The van der Waals surface area contributed by atoms with E-state index in [-0.39, 0.29) is 0 Å². The fourth-order valence-corrected chi connectivity index (χ4v) is 3.64. The van der Waals surface area contributed by atoms with Crippen molar-refractivity contribution in [1.29, 1.82) is 0 Å². The number of para-hydroxylation sites is 1. The van der Waals surface area contributed by atoms with Crippen molar-refractivity contribution in [3.8, 4) is 5.69 Å². The SMILES string of the molecule is c1ccc(-n2nccc2CN2CCC3CCC(C2)N3)cc1. The summed E-state index contributed by atoms with van der Waals surface area (Å²) in [5.74, 6) is 0. The summed E-state index contributed by atoms with van der Waals surface area (Å²) in [7, 11) is 0. The first-order chi connectivity index (χ1) is 10.4. The first-order valence-corrected chi connectivity index (χ1v) is 7.95. The maximum absolute atomic E-state index is 4.50. The summed E-state index contributed by atoms with van der Waals surface area (Å²) in [5, 5.41) is 8.24. The molecular weight excluding hydrogens is 260 g/mol. The summed E-state index contributed by atoms with van der Waals surface area (Å²) < 4.78 is 2.07. The number of nitrogens with one attached hydrogen (secondary N) is 1. The number of hydrogen-bond acceptors (Lipinski definition) is 3. The van der Waals surface area contributed by atoms with Gasteiger partial charge in [0.15, 0.2) is 0 Å². The van der Waals surface area contributed by atoms with E-state index in [9.17, 15) is 0 Å². The first kappa shape index (κ1) is 13.0. The van der Waals surface area contributed by atoms with Crippen molar-refractivity contribution >= 4 is 0 Å². The Balaban J connectivity index is 1.51. The molecule has 2 atom stereocenters. The van der Waals surface area contributed by atoms with E-state index in [4.69, 9.17) is 0 Å². The Morgan fingerprint density at radius 3 is 2.81 bits per heavy atom. The molecule has 1 aromatic heterocycles. The second kappa shape index (κ2) is 5.62. The topological polar surface area (TPSA) is 33.1 Å². The highest BCUT2D eigenvalue weighted by Gasteiger charge is 2.29. The van der Waals surface area contributed by atoms with Crippen LogP contribution in [0.3, 0.4) is 0 Å². The molecule has 2 aliphatic heterocycles. The van der Waals surface area contributed by atoms with Crippen molar-refractivity contribution in [2.24, 2.45) is 0 Å². The van der Waals surface area contributed by atoms with E-state index < -0.39 is 0 Å². The van der Waals surface area contributed by atoms with Crippen molar-refractivity contribution < 1.29 is 0 Å². The van der Waals surface area contributed by atoms with Gasteiger partial charge in [-0.15, -0.1) is 0 Å². The van der Waals surface area contributed by atoms with Crippen LogP contribution in [0.4, 0.5) is 0 Å². The number of likely N-dealkylation sites (tertiary alicyclic amines) is 1. The van der Waals surface area contributed by atoms with Crippen LogP contribution in [0.15, 0.2) is 42.6 Å². The first-order valence-electron chi connectivity index (χ1n) is 7.95. The molecule has 2 saturated heterocycles. The van der Waals surface area contributed by atoms with Gasteiger partial charge in [0.2, 0.25) is 0 Å². The van der Waals surface area contributed by atoms with Gasteiger partial charge in [0.1, 0.15) is 0 Å². The highest BCUT2D eigenvalue weighted by molar-refractivity contribution is 5.32. The molecule has 4 rings (SSSR count). The average molecular weight is 282 g/mol. The fourth-order valence-electron chi connectivity index (χ4n) is 3.64. The zero-order valence-corrected chi connectivity index (χ0v) is 12.3. The van der Waals surface area contributed by atoms with Gasteiger partial charge in [-0.3, -0.25) is 4.90 Å². The minimum Gasteiger partial charge on any atom is -0.310 e. The second-order valence-corrected chi connectivity index (χ2v) is 6.23. The van der Waals surface area contributed by atoms with Crippen molar-refractivity contribution in [2.75, 3.05) is 13.1 Å². The van der Waals surface area contributed by atoms with E-state index in [1.54, 1.807) is 0 Å². The monoisotopic (exact) mass is 282 g/mol. The lowest BCUT2D eigenvalue weighted by molar-refractivity contribution is 0.246. The zero-order valence-electron chi connectivity index (χ0n) is 12.3. The van der Waals surface area contributed by atoms with Crippen molar-refractivity contribution in [3.63, 3.8) is 0 Å². The molecule has 110 valence electrons. The molecule has 0 aliphatic carbocycles. The highest BCUT2D eigenvalue weighted by atomic mass is 15.3. The molecule has 1 N–H and O–H groups in total. The predicted molar refractivity (Wildman–Crippen MR) is 83.4 cm³/mol. The molecule has 0 radical (unpaired) electrons. The van der Waals surface area contributed by atoms with E-state index in [0.717, 1.165) is 24.8 Å². The Bertz CT molecular complexity index is 592. The van der Waals surface area contributed by atoms with E-state index in [0.29, 0.717) is 6.04 Å². The Hall–Kier alpha value is -1.65. The van der Waals surface area contributed by atoms with Gasteiger partial charge >= 0.3 is 0 Å². The molecule has 4 nitrogen and oxygen atoms in total. The largest absolute Gasteiger partial charge is 0.310 e. The third-order valence-electron chi connectivity index (χ3n) is 4.71. The van der Waals surface area contributed by atoms with Gasteiger partial charge in [0, 0.05) is 37.9 Å². The standard InChI is InChI=1S/C17H22N4/c1-2-4-16(5-3-1)21-17(8-10-18-21)13-20-11-9-14-6-7-15(12-20)19-14/h1-5,8,10,14-15,19H,6-7,9,11-13H2. The predicted octanol–water partition coefficient (Wildman–Crippen LogP) is 2.20. The number of aromatic nitrogens is 2. The molecule has 0 spiro atoms. The van der Waals surface area contributed by atoms with Gasteiger partial charge in [0.25, 0.3) is 0 Å². The maximum atomic E-state index is 4.50. The Morgan fingerprint density at radius 2 is 1.90 bits per heavy atom. The summed E-state index contributed by atoms with van der Waals surface area (Å²) >= 11 is 0. The minimum absolute atomic E-state index is 0.686. The Labute approximate surface area is 125 Å². The number of rotatable bonds is 3. The second-order valence-electron chi connectivity index (χ2n) is 6.23. The lowest BCUT2D eigenvalue weighted by Gasteiger charge is -2.24. The summed E-state index contributed by atoms with van der Waals surface area (Å²) in [6, 6.07) is 14.0. The molecule has 2 unspecified atom stereocenters. The van der Waals surface area contributed by atoms with Crippen molar-refractivity contribution in [3.05, 3.63) is 48.3 Å². The molecule has 1 aromatic carbocycles. The van der Waals surface area contributed by atoms with Gasteiger partial charge in [-0.2, -0.15) is 5.10 Å². The average Bonchev–Trinajstić information content (AvgIpc) is 3.09. The van der Waals surface area contributed by atoms with E-state index in [1.165, 1.54) is 31.5 Å². The van der Waals surface area contributed by atoms with Gasteiger partial charge in [-0.25, -0.2) is 4.68 Å². The Kier molecular flexibility index (Phi) is 3.49. The number of hydrogen-bond donors (Lipinski definition) is 1. The molecule has 2 bridgehead atoms. The molecular formula is C17H22N4. The smallest absolute Gasteiger partial charge is 0.0649 e. The van der Waals surface area contributed by atoms with Crippen LogP contribution in [0.1, 0.15) is 25.0 Å². The lowest BCUT2D eigenvalue weighted by Crippen LogP contribution is -2.35. The van der Waals surface area contributed by atoms with Crippen LogP contribution in [0.5, 0.6) is 0 Å². The number of fused-ring (bicyclic) bond motifs is 2. The van der Waals surface area contributed by atoms with Crippen molar-refractivity contribution in [1.82, 2.24) is 20.0 Å². The lowest BCUT2D eigenvalue weighted by atomic mass is 10.1. The summed E-state index contributed by atoms with van der Waals surface area (Å²) in [6.07, 6.45) is 5.88. The molecule has 0 amide bonds. The summed E-state index contributed by atoms with van der Waals surface area (Å²) in [6.45, 7) is 3.34. The molecule has 3 heterocycles. The van der Waals surface area contributed by atoms with Crippen LogP contribution < -0.4 is 5.32 Å². The maximum Gasteiger partial charge on any atom is 0.0649 e. The summed E-state index contributed by atoms with van der Waals surface area (Å²) in [5.41, 5.74) is 2.42. The fraction of sp³-hybridized carbons (Fsp3) is 0.471. The van der Waals surface area contributed by atoms with Crippen LogP contribution in [0.25, 0.3) is 5.69 Å². The Morgan fingerprint density at radius 1 is 1.05 bits per heavy atom. The molecule has 2 aliphatic rings. The minimum atomic E-state index is 0.686. The van der Waals surface area contributed by atoms with Gasteiger partial charge in [-0.1, -0.05) is 18.2 Å². The quantitative estimate of drug-likeness (QED) is 0.937. The number of benzene rings is 1. The molecule has 0 saturated carbocycles. The molecule has 2 aromatic rings. The van der Waals surface area contributed by atoms with E-state index in [1.807, 2.05) is 12.3 Å². The van der Waals surface area contributed by atoms with Crippen LogP contribution in [0, 0.1) is 0 Å². The summed E-state index contributed by atoms with van der Waals surface area (Å²) in [4.78, 5) is 2.58. The number of nitrogens with zero attached hydrogens (tertiary/aromatic N) is 3. The van der Waals surface area contributed by atoms with Crippen LogP contribution in [0.2, 0.25) is 0 Å². The molecule has 21 heavy (non-hydrogen) atoms.